The predicted octanol–water partition coefficient (Wildman–Crippen LogP) is 1.42. The van der Waals surface area contributed by atoms with E-state index in [0.29, 0.717) is 18.8 Å². The van der Waals surface area contributed by atoms with Gasteiger partial charge in [0, 0.05) is 37.1 Å². The highest BCUT2D eigenvalue weighted by atomic mass is 16.5. The summed E-state index contributed by atoms with van der Waals surface area (Å²) in [5, 5.41) is 3.04. The minimum atomic E-state index is -0.150. The van der Waals surface area contributed by atoms with Crippen LogP contribution in [0.5, 0.6) is 0 Å². The van der Waals surface area contributed by atoms with Gasteiger partial charge in [0.1, 0.15) is 5.82 Å². The van der Waals surface area contributed by atoms with E-state index in [2.05, 4.69) is 20.3 Å². The molecule has 0 bridgehead atoms. The summed E-state index contributed by atoms with van der Waals surface area (Å²) >= 11 is 0. The molecule has 0 saturated carbocycles. The van der Waals surface area contributed by atoms with Gasteiger partial charge in [-0.1, -0.05) is 6.92 Å². The summed E-state index contributed by atoms with van der Waals surface area (Å²) in [7, 11) is 0. The first-order valence-corrected chi connectivity index (χ1v) is 7.84. The molecule has 1 amide bonds. The highest BCUT2D eigenvalue weighted by Crippen LogP contribution is 2.19. The second-order valence-corrected chi connectivity index (χ2v) is 5.68. The Hall–Kier alpha value is -2.34. The molecule has 3 rings (SSSR count). The van der Waals surface area contributed by atoms with Crippen molar-refractivity contribution in [1.29, 1.82) is 0 Å². The second-order valence-electron chi connectivity index (χ2n) is 5.68. The topological polar surface area (TPSA) is 77.0 Å². The summed E-state index contributed by atoms with van der Waals surface area (Å²) in [5.41, 5.74) is 1.68. The Balaban J connectivity index is 1.62. The lowest BCUT2D eigenvalue weighted by Gasteiger charge is -2.19. The van der Waals surface area contributed by atoms with Gasteiger partial charge in [-0.05, 0) is 24.1 Å². The number of hydrogen-bond acceptors (Lipinski definition) is 5. The molecule has 3 heterocycles. The molecular formula is C17H20N4O2. The summed E-state index contributed by atoms with van der Waals surface area (Å²) in [6.07, 6.45) is 8.34. The number of amides is 1. The van der Waals surface area contributed by atoms with Crippen LogP contribution in [-0.4, -0.2) is 40.1 Å². The number of pyridine rings is 1. The monoisotopic (exact) mass is 312 g/mol. The largest absolute Gasteiger partial charge is 0.379 e. The Bertz CT molecular complexity index is 645. The van der Waals surface area contributed by atoms with Crippen LogP contribution >= 0.6 is 0 Å². The standard InChI is InChI=1S/C17H20N4O2/c1-2-16-19-8-14(9-20-16)17(22)21-15-11-23-10-13(15)7-12-3-5-18-6-4-12/h3-6,8-9,13,15H,2,7,10-11H2,1H3,(H,21,22)/t13-,15+/m1/s1. The molecule has 6 nitrogen and oxygen atoms in total. The molecule has 2 aromatic rings. The van der Waals surface area contributed by atoms with E-state index in [1.807, 2.05) is 19.1 Å². The molecule has 0 unspecified atom stereocenters. The van der Waals surface area contributed by atoms with Gasteiger partial charge >= 0.3 is 0 Å². The minimum Gasteiger partial charge on any atom is -0.379 e. The number of carbonyl (C=O) groups is 1. The Morgan fingerprint density at radius 3 is 2.70 bits per heavy atom. The average Bonchev–Trinajstić information content (AvgIpc) is 3.02. The number of ether oxygens (including phenoxy) is 1. The van der Waals surface area contributed by atoms with E-state index in [-0.39, 0.29) is 17.9 Å². The van der Waals surface area contributed by atoms with Gasteiger partial charge in [0.05, 0.1) is 24.8 Å². The lowest BCUT2D eigenvalue weighted by atomic mass is 9.95. The third-order valence-corrected chi connectivity index (χ3v) is 4.05. The number of aromatic nitrogens is 3. The van der Waals surface area contributed by atoms with Gasteiger partial charge in [-0.25, -0.2) is 9.97 Å². The first-order chi connectivity index (χ1) is 11.3. The third kappa shape index (κ3) is 3.90. The molecule has 0 aromatic carbocycles. The van der Waals surface area contributed by atoms with Gasteiger partial charge in [0.2, 0.25) is 0 Å². The Morgan fingerprint density at radius 1 is 1.26 bits per heavy atom. The fourth-order valence-electron chi connectivity index (χ4n) is 2.69. The molecule has 0 aliphatic carbocycles. The van der Waals surface area contributed by atoms with E-state index in [1.165, 1.54) is 5.56 Å². The SMILES string of the molecule is CCc1ncc(C(=O)N[C@H]2COC[C@H]2Cc2ccncc2)cn1. The van der Waals surface area contributed by atoms with E-state index >= 15 is 0 Å². The predicted molar refractivity (Wildman–Crippen MR) is 84.9 cm³/mol. The first-order valence-electron chi connectivity index (χ1n) is 7.84. The van der Waals surface area contributed by atoms with Crippen molar-refractivity contribution in [3.05, 3.63) is 53.9 Å². The normalized spacial score (nSPS) is 20.4. The summed E-state index contributed by atoms with van der Waals surface area (Å²) < 4.78 is 5.55. The van der Waals surface area contributed by atoms with E-state index in [9.17, 15) is 4.79 Å². The minimum absolute atomic E-state index is 0.00140. The molecule has 2 aromatic heterocycles. The fraction of sp³-hybridized carbons (Fsp3) is 0.412. The molecule has 0 radical (unpaired) electrons. The maximum absolute atomic E-state index is 12.3. The quantitative estimate of drug-likeness (QED) is 0.903. The Kier molecular flexibility index (Phi) is 4.92. The van der Waals surface area contributed by atoms with Crippen LogP contribution in [0.1, 0.15) is 28.7 Å². The van der Waals surface area contributed by atoms with Crippen molar-refractivity contribution in [3.63, 3.8) is 0 Å². The molecule has 1 N–H and O–H groups in total. The van der Waals surface area contributed by atoms with Crippen molar-refractivity contribution in [3.8, 4) is 0 Å². The van der Waals surface area contributed by atoms with Crippen molar-refractivity contribution >= 4 is 5.91 Å². The molecular weight excluding hydrogens is 292 g/mol. The van der Waals surface area contributed by atoms with Gasteiger partial charge in [-0.3, -0.25) is 9.78 Å². The van der Waals surface area contributed by atoms with E-state index in [4.69, 9.17) is 4.74 Å². The summed E-state index contributed by atoms with van der Waals surface area (Å²) in [5.74, 6) is 0.848. The van der Waals surface area contributed by atoms with Crippen LogP contribution in [0.4, 0.5) is 0 Å². The Labute approximate surface area is 135 Å². The number of aryl methyl sites for hydroxylation is 1. The molecule has 120 valence electrons. The van der Waals surface area contributed by atoms with Crippen LogP contribution in [-0.2, 0) is 17.6 Å². The molecule has 6 heteroatoms. The smallest absolute Gasteiger partial charge is 0.254 e. The van der Waals surface area contributed by atoms with Gasteiger partial charge < -0.3 is 10.1 Å². The van der Waals surface area contributed by atoms with Crippen LogP contribution in [0.25, 0.3) is 0 Å². The van der Waals surface area contributed by atoms with E-state index < -0.39 is 0 Å². The van der Waals surface area contributed by atoms with E-state index in [1.54, 1.807) is 24.8 Å². The zero-order valence-corrected chi connectivity index (χ0v) is 13.1. The summed E-state index contributed by atoms with van der Waals surface area (Å²) in [4.78, 5) is 24.7. The summed E-state index contributed by atoms with van der Waals surface area (Å²) in [6, 6.07) is 3.99. The van der Waals surface area contributed by atoms with Crippen molar-refractivity contribution < 1.29 is 9.53 Å². The van der Waals surface area contributed by atoms with Crippen molar-refractivity contribution in [2.75, 3.05) is 13.2 Å². The zero-order valence-electron chi connectivity index (χ0n) is 13.1. The molecule has 1 fully saturated rings. The van der Waals surface area contributed by atoms with Crippen molar-refractivity contribution in [2.24, 2.45) is 5.92 Å². The number of nitrogens with one attached hydrogen (secondary N) is 1. The average molecular weight is 312 g/mol. The van der Waals surface area contributed by atoms with E-state index in [0.717, 1.165) is 18.7 Å². The van der Waals surface area contributed by atoms with Gasteiger partial charge in [0.15, 0.2) is 0 Å². The first kappa shape index (κ1) is 15.6. The number of carbonyl (C=O) groups excluding carboxylic acids is 1. The lowest BCUT2D eigenvalue weighted by molar-refractivity contribution is 0.0924. The van der Waals surface area contributed by atoms with Crippen LogP contribution < -0.4 is 5.32 Å². The highest BCUT2D eigenvalue weighted by molar-refractivity contribution is 5.93. The van der Waals surface area contributed by atoms with Gasteiger partial charge in [-0.15, -0.1) is 0 Å². The van der Waals surface area contributed by atoms with Crippen LogP contribution in [0.15, 0.2) is 36.9 Å². The van der Waals surface area contributed by atoms with Gasteiger partial charge in [0.25, 0.3) is 5.91 Å². The zero-order chi connectivity index (χ0) is 16.1. The van der Waals surface area contributed by atoms with Crippen LogP contribution in [0, 0.1) is 5.92 Å². The molecule has 23 heavy (non-hydrogen) atoms. The summed E-state index contributed by atoms with van der Waals surface area (Å²) in [6.45, 7) is 3.17. The molecule has 1 saturated heterocycles. The maximum Gasteiger partial charge on any atom is 0.254 e. The number of rotatable bonds is 5. The highest BCUT2D eigenvalue weighted by Gasteiger charge is 2.30. The lowest BCUT2D eigenvalue weighted by Crippen LogP contribution is -2.40. The maximum atomic E-state index is 12.3. The Morgan fingerprint density at radius 2 is 2.00 bits per heavy atom. The van der Waals surface area contributed by atoms with Crippen LogP contribution in [0.2, 0.25) is 0 Å². The molecule has 1 aliphatic heterocycles. The number of hydrogen-bond donors (Lipinski definition) is 1. The molecule has 1 aliphatic rings. The van der Waals surface area contributed by atoms with Crippen molar-refractivity contribution in [1.82, 2.24) is 20.3 Å². The molecule has 2 atom stereocenters. The number of nitrogens with zero attached hydrogens (tertiary/aromatic N) is 3. The second kappa shape index (κ2) is 7.28. The van der Waals surface area contributed by atoms with Crippen molar-refractivity contribution in [2.45, 2.75) is 25.8 Å². The van der Waals surface area contributed by atoms with Crippen LogP contribution in [0.3, 0.4) is 0 Å². The fourth-order valence-corrected chi connectivity index (χ4v) is 2.69. The third-order valence-electron chi connectivity index (χ3n) is 4.05. The molecule has 0 spiro atoms. The van der Waals surface area contributed by atoms with Gasteiger partial charge in [-0.2, -0.15) is 0 Å².